The van der Waals surface area contributed by atoms with Gasteiger partial charge in [0.05, 0.1) is 30.7 Å². The Hall–Kier alpha value is -3.17. The molecule has 1 aliphatic rings. The molecule has 1 unspecified atom stereocenters. The lowest BCUT2D eigenvalue weighted by atomic mass is 10.1. The molecule has 4 aromatic rings. The van der Waals surface area contributed by atoms with E-state index in [1.54, 1.807) is 18.3 Å². The topological polar surface area (TPSA) is 87.5 Å². The molecule has 0 aliphatic carbocycles. The Bertz CT molecular complexity index is 1200. The normalized spacial score (nSPS) is 16.3. The van der Waals surface area contributed by atoms with Crippen LogP contribution in [0.4, 0.5) is 5.82 Å². The summed E-state index contributed by atoms with van der Waals surface area (Å²) in [6, 6.07) is 15.3. The summed E-state index contributed by atoms with van der Waals surface area (Å²) in [4.78, 5) is 20.4. The first kappa shape index (κ1) is 18.8. The Morgan fingerprint density at radius 1 is 1.20 bits per heavy atom. The van der Waals surface area contributed by atoms with E-state index < -0.39 is 4.92 Å². The lowest BCUT2D eigenvalue weighted by Crippen LogP contribution is -2.16. The van der Waals surface area contributed by atoms with Crippen LogP contribution in [-0.4, -0.2) is 36.6 Å². The molecule has 1 aliphatic heterocycles. The first-order valence-electron chi connectivity index (χ1n) is 9.72. The molecule has 5 rings (SSSR count). The van der Waals surface area contributed by atoms with Gasteiger partial charge in [-0.15, -0.1) is 0 Å². The van der Waals surface area contributed by atoms with E-state index in [1.807, 2.05) is 42.6 Å². The van der Waals surface area contributed by atoms with Gasteiger partial charge in [0, 0.05) is 12.7 Å². The number of nitro groups is 1. The second-order valence-electron chi connectivity index (χ2n) is 7.07. The molecule has 0 saturated carbocycles. The van der Waals surface area contributed by atoms with Crippen molar-refractivity contribution < 1.29 is 9.66 Å². The predicted molar refractivity (Wildman–Crippen MR) is 113 cm³/mol. The molecule has 9 heteroatoms. The molecule has 0 N–H and O–H groups in total. The third-order valence-electron chi connectivity index (χ3n) is 5.13. The van der Waals surface area contributed by atoms with Crippen LogP contribution in [0.25, 0.3) is 16.9 Å². The summed E-state index contributed by atoms with van der Waals surface area (Å²) < 4.78 is 9.43. The summed E-state index contributed by atoms with van der Waals surface area (Å²) in [5.41, 5.74) is 2.53. The van der Waals surface area contributed by atoms with Gasteiger partial charge >= 0.3 is 5.82 Å². The molecule has 152 valence electrons. The van der Waals surface area contributed by atoms with E-state index in [2.05, 4.69) is 14.5 Å². The molecule has 0 bridgehead atoms. The van der Waals surface area contributed by atoms with E-state index in [0.29, 0.717) is 22.4 Å². The minimum absolute atomic E-state index is 0.0523. The molecule has 3 aromatic heterocycles. The fourth-order valence-electron chi connectivity index (χ4n) is 3.73. The van der Waals surface area contributed by atoms with E-state index in [9.17, 15) is 10.1 Å². The van der Waals surface area contributed by atoms with Crippen molar-refractivity contribution in [2.24, 2.45) is 0 Å². The fourth-order valence-corrected chi connectivity index (χ4v) is 4.70. The molecular formula is C21H19N5O3S. The van der Waals surface area contributed by atoms with Gasteiger partial charge in [0.25, 0.3) is 0 Å². The van der Waals surface area contributed by atoms with Crippen molar-refractivity contribution in [2.45, 2.75) is 35.7 Å². The summed E-state index contributed by atoms with van der Waals surface area (Å²) in [7, 11) is 0. The minimum Gasteiger partial charge on any atom is -0.376 e. The Morgan fingerprint density at radius 3 is 2.80 bits per heavy atom. The molecular weight excluding hydrogens is 402 g/mol. The number of pyridine rings is 1. The molecule has 1 atom stereocenters. The Labute approximate surface area is 176 Å². The molecule has 1 fully saturated rings. The summed E-state index contributed by atoms with van der Waals surface area (Å²) in [5, 5.41) is 12.7. The van der Waals surface area contributed by atoms with Gasteiger partial charge in [0.1, 0.15) is 0 Å². The van der Waals surface area contributed by atoms with Gasteiger partial charge in [-0.05, 0) is 41.2 Å². The van der Waals surface area contributed by atoms with E-state index in [-0.39, 0.29) is 11.9 Å². The van der Waals surface area contributed by atoms with Crippen LogP contribution in [0.15, 0.2) is 71.1 Å². The van der Waals surface area contributed by atoms with E-state index in [0.717, 1.165) is 30.7 Å². The van der Waals surface area contributed by atoms with Crippen LogP contribution in [0.3, 0.4) is 0 Å². The summed E-state index contributed by atoms with van der Waals surface area (Å²) in [5.74, 6) is -0.0523. The number of fused-ring (bicyclic) bond motifs is 1. The highest BCUT2D eigenvalue weighted by atomic mass is 32.2. The maximum Gasteiger partial charge on any atom is 0.362 e. The highest BCUT2D eigenvalue weighted by Crippen LogP contribution is 2.36. The van der Waals surface area contributed by atoms with Gasteiger partial charge in [-0.3, -0.25) is 0 Å². The number of hydrogen-bond donors (Lipinski definition) is 0. The number of benzene rings is 1. The van der Waals surface area contributed by atoms with Crippen LogP contribution in [-0.2, 0) is 11.3 Å². The predicted octanol–water partition coefficient (Wildman–Crippen LogP) is 4.44. The van der Waals surface area contributed by atoms with Crippen LogP contribution in [0.5, 0.6) is 0 Å². The van der Waals surface area contributed by atoms with Gasteiger partial charge in [-0.25, -0.2) is 4.98 Å². The first-order valence-corrected chi connectivity index (χ1v) is 10.5. The zero-order chi connectivity index (χ0) is 20.5. The van der Waals surface area contributed by atoms with Crippen LogP contribution in [0, 0.1) is 10.1 Å². The molecule has 0 amide bonds. The van der Waals surface area contributed by atoms with Crippen LogP contribution in [0.2, 0.25) is 0 Å². The van der Waals surface area contributed by atoms with E-state index in [1.165, 1.54) is 16.2 Å². The van der Waals surface area contributed by atoms with Gasteiger partial charge in [-0.1, -0.05) is 36.4 Å². The number of imidazole rings is 2. The average Bonchev–Trinajstić information content (AvgIpc) is 3.48. The highest BCUT2D eigenvalue weighted by Gasteiger charge is 2.27. The highest BCUT2D eigenvalue weighted by molar-refractivity contribution is 7.99. The SMILES string of the molecule is O=[N+]([O-])c1c(Sc2ncc(-c3ccccc3)n2CC2CCCO2)nc2ccccn12. The molecule has 0 spiro atoms. The molecule has 8 nitrogen and oxygen atoms in total. The van der Waals surface area contributed by atoms with Gasteiger partial charge in [0.2, 0.25) is 10.7 Å². The second kappa shape index (κ2) is 7.92. The lowest BCUT2D eigenvalue weighted by molar-refractivity contribution is -0.393. The summed E-state index contributed by atoms with van der Waals surface area (Å²) in [6.07, 6.45) is 5.61. The van der Waals surface area contributed by atoms with Crippen molar-refractivity contribution in [3.8, 4) is 11.3 Å². The van der Waals surface area contributed by atoms with Crippen LogP contribution < -0.4 is 0 Å². The molecule has 1 aromatic carbocycles. The zero-order valence-corrected chi connectivity index (χ0v) is 16.9. The van der Waals surface area contributed by atoms with Crippen molar-refractivity contribution >= 4 is 23.2 Å². The Kier molecular flexibility index (Phi) is 4.97. The minimum atomic E-state index is -0.395. The third-order valence-corrected chi connectivity index (χ3v) is 6.11. The molecule has 4 heterocycles. The van der Waals surface area contributed by atoms with Crippen molar-refractivity contribution in [2.75, 3.05) is 6.61 Å². The quantitative estimate of drug-likeness (QED) is 0.338. The number of hydrogen-bond acceptors (Lipinski definition) is 6. The van der Waals surface area contributed by atoms with Gasteiger partial charge in [0.15, 0.2) is 5.16 Å². The van der Waals surface area contributed by atoms with Crippen LogP contribution >= 0.6 is 11.8 Å². The van der Waals surface area contributed by atoms with Crippen LogP contribution in [0.1, 0.15) is 12.8 Å². The van der Waals surface area contributed by atoms with Gasteiger partial charge < -0.3 is 19.4 Å². The first-order chi connectivity index (χ1) is 14.7. The lowest BCUT2D eigenvalue weighted by Gasteiger charge is -2.15. The number of aromatic nitrogens is 4. The average molecular weight is 421 g/mol. The van der Waals surface area contributed by atoms with Gasteiger partial charge in [-0.2, -0.15) is 9.38 Å². The van der Waals surface area contributed by atoms with Crippen molar-refractivity contribution in [3.63, 3.8) is 0 Å². The van der Waals surface area contributed by atoms with Crippen molar-refractivity contribution in [1.29, 1.82) is 0 Å². The second-order valence-corrected chi connectivity index (χ2v) is 8.02. The maximum atomic E-state index is 11.8. The van der Waals surface area contributed by atoms with Crippen molar-refractivity contribution in [1.82, 2.24) is 18.9 Å². The number of nitrogens with zero attached hydrogens (tertiary/aromatic N) is 5. The van der Waals surface area contributed by atoms with E-state index in [4.69, 9.17) is 4.74 Å². The molecule has 30 heavy (non-hydrogen) atoms. The molecule has 0 radical (unpaired) electrons. The fraction of sp³-hybridized carbons (Fsp3) is 0.238. The number of rotatable bonds is 6. The number of ether oxygens (including phenoxy) is 1. The Balaban J connectivity index is 1.58. The summed E-state index contributed by atoms with van der Waals surface area (Å²) in [6.45, 7) is 1.41. The largest absolute Gasteiger partial charge is 0.376 e. The monoisotopic (exact) mass is 421 g/mol. The standard InChI is InChI=1S/C21H19N5O3S/c27-26(28)20-19(23-18-10-4-5-11-24(18)20)30-21-22-13-17(15-7-2-1-3-8-15)25(21)14-16-9-6-12-29-16/h1-5,7-8,10-11,13,16H,6,9,12,14H2. The Morgan fingerprint density at radius 2 is 2.03 bits per heavy atom. The maximum absolute atomic E-state index is 11.8. The molecule has 1 saturated heterocycles. The summed E-state index contributed by atoms with van der Waals surface area (Å²) >= 11 is 1.22. The smallest absolute Gasteiger partial charge is 0.362 e. The van der Waals surface area contributed by atoms with Crippen molar-refractivity contribution in [3.05, 3.63) is 71.0 Å². The van der Waals surface area contributed by atoms with E-state index >= 15 is 0 Å². The third kappa shape index (κ3) is 3.46. The zero-order valence-electron chi connectivity index (χ0n) is 16.0.